The number of pyridine rings is 1. The number of nitriles is 1. The lowest BCUT2D eigenvalue weighted by molar-refractivity contribution is 0.461. The van der Waals surface area contributed by atoms with Crippen LogP contribution in [0.15, 0.2) is 30.3 Å². The first-order valence-corrected chi connectivity index (χ1v) is 9.01. The molecule has 4 rings (SSSR count). The van der Waals surface area contributed by atoms with Crippen molar-refractivity contribution in [2.45, 2.75) is 19.8 Å². The molecule has 3 aromatic rings. The van der Waals surface area contributed by atoms with Crippen LogP contribution in [-0.2, 0) is 0 Å². The Bertz CT molecular complexity index is 1070. The van der Waals surface area contributed by atoms with Crippen LogP contribution in [0.3, 0.4) is 0 Å². The number of hydrogen-bond donors (Lipinski definition) is 1. The zero-order valence-electron chi connectivity index (χ0n) is 13.6. The van der Waals surface area contributed by atoms with E-state index in [1.807, 2.05) is 44.2 Å². The molecule has 0 spiro atoms. The maximum Gasteiger partial charge on any atom is 0.205 e. The first-order chi connectivity index (χ1) is 12.0. The second-order valence-corrected chi connectivity index (χ2v) is 7.57. The first-order valence-electron chi connectivity index (χ1n) is 7.82. The molecule has 2 aromatic heterocycles. The summed E-state index contributed by atoms with van der Waals surface area (Å²) in [4.78, 5) is 6.40. The number of ether oxygens (including phenoxy) is 1. The van der Waals surface area contributed by atoms with Crippen LogP contribution < -0.4 is 4.74 Å². The van der Waals surface area contributed by atoms with Crippen LogP contribution >= 0.6 is 22.9 Å². The molecule has 0 fully saturated rings. The second-order valence-electron chi connectivity index (χ2n) is 6.13. The fraction of sp³-hybridized carbons (Fsp3) is 0.211. The minimum atomic E-state index is -0.707. The molecule has 25 heavy (non-hydrogen) atoms. The minimum Gasteiger partial charge on any atom is -0.440 e. The second kappa shape index (κ2) is 5.83. The van der Waals surface area contributed by atoms with E-state index in [-0.39, 0.29) is 11.8 Å². The van der Waals surface area contributed by atoms with Crippen LogP contribution in [0.5, 0.6) is 5.75 Å². The summed E-state index contributed by atoms with van der Waals surface area (Å²) in [7, 11) is 0. The van der Waals surface area contributed by atoms with E-state index in [4.69, 9.17) is 21.7 Å². The molecule has 1 aromatic carbocycles. The fourth-order valence-corrected chi connectivity index (χ4v) is 5.02. The lowest BCUT2D eigenvalue weighted by Gasteiger charge is -2.28. The third kappa shape index (κ3) is 2.41. The van der Waals surface area contributed by atoms with Crippen LogP contribution in [0.4, 0.5) is 0 Å². The average Bonchev–Trinajstić information content (AvgIpc) is 2.92. The van der Waals surface area contributed by atoms with Gasteiger partial charge >= 0.3 is 0 Å². The van der Waals surface area contributed by atoms with E-state index in [1.165, 1.54) is 11.3 Å². The Hall–Kier alpha value is -2.42. The van der Waals surface area contributed by atoms with Gasteiger partial charge in [-0.05, 0) is 37.1 Å². The molecular weight excluding hydrogens is 354 g/mol. The molecule has 124 valence electrons. The zero-order chi connectivity index (χ0) is 17.7. The van der Waals surface area contributed by atoms with Crippen molar-refractivity contribution in [3.05, 3.63) is 57.1 Å². The van der Waals surface area contributed by atoms with Crippen LogP contribution in [-0.4, -0.2) is 10.9 Å². The van der Waals surface area contributed by atoms with Crippen LogP contribution in [0.1, 0.15) is 27.6 Å². The summed E-state index contributed by atoms with van der Waals surface area (Å²) in [6.07, 6.45) is 0. The highest BCUT2D eigenvalue weighted by Gasteiger charge is 2.40. The summed E-state index contributed by atoms with van der Waals surface area (Å²) in [5.41, 5.74) is 2.83. The number of rotatable bonds is 1. The van der Waals surface area contributed by atoms with Gasteiger partial charge in [0.15, 0.2) is 5.75 Å². The Kier molecular flexibility index (Phi) is 3.75. The molecule has 4 nitrogen and oxygen atoms in total. The number of nitrogens with zero attached hydrogens (tertiary/aromatic N) is 2. The number of aryl methyl sites for hydroxylation is 2. The Balaban J connectivity index is 2.05. The Morgan fingerprint density at radius 1 is 1.32 bits per heavy atom. The van der Waals surface area contributed by atoms with Crippen molar-refractivity contribution in [2.75, 3.05) is 0 Å². The van der Waals surface area contributed by atoms with Gasteiger partial charge in [-0.1, -0.05) is 29.8 Å². The highest BCUT2D eigenvalue weighted by molar-refractivity contribution is 7.19. The third-order valence-corrected chi connectivity index (χ3v) is 5.95. The smallest absolute Gasteiger partial charge is 0.205 e. The van der Waals surface area contributed by atoms with Crippen molar-refractivity contribution in [3.8, 4) is 11.8 Å². The molecule has 0 aliphatic carbocycles. The summed E-state index contributed by atoms with van der Waals surface area (Å²) < 4.78 is 5.79. The van der Waals surface area contributed by atoms with Crippen LogP contribution in [0.25, 0.3) is 10.2 Å². The van der Waals surface area contributed by atoms with E-state index in [2.05, 4.69) is 11.1 Å². The lowest BCUT2D eigenvalue weighted by atomic mass is 9.83. The van der Waals surface area contributed by atoms with Crippen molar-refractivity contribution in [1.82, 2.24) is 4.98 Å². The molecule has 3 heterocycles. The molecule has 0 saturated carbocycles. The maximum absolute atomic E-state index is 9.66. The largest absolute Gasteiger partial charge is 0.440 e. The average molecular weight is 368 g/mol. The molecule has 1 N–H and O–H groups in total. The van der Waals surface area contributed by atoms with Gasteiger partial charge in [0.1, 0.15) is 10.7 Å². The minimum absolute atomic E-state index is 0.0420. The van der Waals surface area contributed by atoms with Gasteiger partial charge in [0.2, 0.25) is 5.90 Å². The number of hydrogen-bond acceptors (Lipinski definition) is 5. The fourth-order valence-electron chi connectivity index (χ4n) is 3.39. The van der Waals surface area contributed by atoms with Gasteiger partial charge in [-0.2, -0.15) is 5.26 Å². The predicted molar refractivity (Wildman–Crippen MR) is 99.8 cm³/mol. The molecule has 0 saturated heterocycles. The molecule has 1 aliphatic heterocycles. The van der Waals surface area contributed by atoms with Crippen molar-refractivity contribution in [2.24, 2.45) is 5.92 Å². The maximum atomic E-state index is 9.66. The Morgan fingerprint density at radius 3 is 2.80 bits per heavy atom. The van der Waals surface area contributed by atoms with E-state index in [0.29, 0.717) is 10.8 Å². The molecular formula is C19H14ClN3OS. The number of aromatic nitrogens is 1. The van der Waals surface area contributed by atoms with Crippen molar-refractivity contribution < 1.29 is 4.74 Å². The van der Waals surface area contributed by atoms with E-state index in [0.717, 1.165) is 31.9 Å². The quantitative estimate of drug-likeness (QED) is 0.642. The number of fused-ring (bicyclic) bond motifs is 3. The lowest BCUT2D eigenvalue weighted by Crippen LogP contribution is -2.30. The summed E-state index contributed by atoms with van der Waals surface area (Å²) in [6.45, 7) is 3.97. The van der Waals surface area contributed by atoms with E-state index in [1.54, 1.807) is 0 Å². The van der Waals surface area contributed by atoms with E-state index >= 15 is 0 Å². The molecule has 0 radical (unpaired) electrons. The number of halogens is 1. The summed E-state index contributed by atoms with van der Waals surface area (Å²) in [6, 6.07) is 11.7. The van der Waals surface area contributed by atoms with Crippen LogP contribution in [0, 0.1) is 36.5 Å². The van der Waals surface area contributed by atoms with Gasteiger partial charge in [0.25, 0.3) is 0 Å². The Morgan fingerprint density at radius 2 is 2.08 bits per heavy atom. The monoisotopic (exact) mass is 367 g/mol. The zero-order valence-corrected chi connectivity index (χ0v) is 15.2. The van der Waals surface area contributed by atoms with Crippen LogP contribution in [0.2, 0.25) is 5.02 Å². The SMILES string of the molecule is Cc1cc(C)c2c3c(sc2n1)C(c1ccccc1Cl)C(C#N)C(=N)O3. The first kappa shape index (κ1) is 16.1. The highest BCUT2D eigenvalue weighted by atomic mass is 35.5. The topological polar surface area (TPSA) is 69.8 Å². The van der Waals surface area contributed by atoms with Gasteiger partial charge in [-0.3, -0.25) is 5.41 Å². The van der Waals surface area contributed by atoms with E-state index < -0.39 is 5.92 Å². The standard InChI is InChI=1S/C19H14ClN3OS/c1-9-7-10(2)23-19-14(9)16-17(25-19)15(12(8-21)18(22)24-16)11-5-3-4-6-13(11)20/h3-7,12,15,22H,1-2H3. The van der Waals surface area contributed by atoms with Crippen molar-refractivity contribution in [3.63, 3.8) is 0 Å². The summed E-state index contributed by atoms with van der Waals surface area (Å²) in [5.74, 6) is -0.429. The summed E-state index contributed by atoms with van der Waals surface area (Å²) in [5, 5.41) is 19.4. The Labute approximate surface area is 154 Å². The molecule has 0 amide bonds. The molecule has 1 aliphatic rings. The predicted octanol–water partition coefficient (Wildman–Crippen LogP) is 5.21. The van der Waals surface area contributed by atoms with Gasteiger partial charge in [-0.25, -0.2) is 4.98 Å². The molecule has 0 bridgehead atoms. The number of thiophene rings is 1. The van der Waals surface area contributed by atoms with Crippen molar-refractivity contribution in [1.29, 1.82) is 10.7 Å². The van der Waals surface area contributed by atoms with E-state index in [9.17, 15) is 5.26 Å². The normalized spacial score (nSPS) is 19.4. The van der Waals surface area contributed by atoms with Gasteiger partial charge < -0.3 is 4.74 Å². The number of nitrogens with one attached hydrogen (secondary N) is 1. The summed E-state index contributed by atoms with van der Waals surface area (Å²) >= 11 is 7.94. The molecule has 2 atom stereocenters. The van der Waals surface area contributed by atoms with Gasteiger partial charge in [0, 0.05) is 16.6 Å². The molecule has 2 unspecified atom stereocenters. The molecule has 6 heteroatoms. The van der Waals surface area contributed by atoms with Gasteiger partial charge in [0.05, 0.1) is 16.3 Å². The van der Waals surface area contributed by atoms with Gasteiger partial charge in [-0.15, -0.1) is 11.3 Å². The number of benzene rings is 1. The highest BCUT2D eigenvalue weighted by Crippen LogP contribution is 2.51. The van der Waals surface area contributed by atoms with Crippen molar-refractivity contribution >= 4 is 39.1 Å². The third-order valence-electron chi connectivity index (χ3n) is 4.46.